The SMILES string of the molecule is CCn1cc(C(=O)N2CC[C@@H]3OCC(=O)N(C)[C@H]3C2)cn1. The van der Waals surface area contributed by atoms with Crippen molar-refractivity contribution < 1.29 is 14.3 Å². The highest BCUT2D eigenvalue weighted by Crippen LogP contribution is 2.23. The van der Waals surface area contributed by atoms with Gasteiger partial charge in [0.05, 0.1) is 23.9 Å². The van der Waals surface area contributed by atoms with Gasteiger partial charge in [0, 0.05) is 32.9 Å². The highest BCUT2D eigenvalue weighted by molar-refractivity contribution is 5.94. The third kappa shape index (κ3) is 2.53. The predicted octanol–water partition coefficient (Wildman–Crippen LogP) is -0.0253. The number of rotatable bonds is 2. The van der Waals surface area contributed by atoms with Crippen molar-refractivity contribution in [3.05, 3.63) is 18.0 Å². The lowest BCUT2D eigenvalue weighted by Crippen LogP contribution is -2.61. The van der Waals surface area contributed by atoms with E-state index < -0.39 is 0 Å². The number of likely N-dealkylation sites (N-methyl/N-ethyl adjacent to an activating group) is 1. The van der Waals surface area contributed by atoms with E-state index in [0.717, 1.165) is 13.0 Å². The lowest BCUT2D eigenvalue weighted by Gasteiger charge is -2.45. The molecular weight excluding hydrogens is 272 g/mol. The molecule has 0 aliphatic carbocycles. The quantitative estimate of drug-likeness (QED) is 0.768. The van der Waals surface area contributed by atoms with Crippen LogP contribution in [-0.4, -0.2) is 70.3 Å². The number of carbonyl (C=O) groups is 2. The van der Waals surface area contributed by atoms with Crippen molar-refractivity contribution in [1.82, 2.24) is 19.6 Å². The summed E-state index contributed by atoms with van der Waals surface area (Å²) in [6.07, 6.45) is 4.16. The van der Waals surface area contributed by atoms with E-state index in [-0.39, 0.29) is 30.6 Å². The molecule has 2 amide bonds. The first-order chi connectivity index (χ1) is 10.1. The summed E-state index contributed by atoms with van der Waals surface area (Å²) < 4.78 is 7.31. The summed E-state index contributed by atoms with van der Waals surface area (Å²) in [6.45, 7) is 4.03. The molecule has 2 atom stereocenters. The van der Waals surface area contributed by atoms with Crippen molar-refractivity contribution in [3.63, 3.8) is 0 Å². The van der Waals surface area contributed by atoms with Crippen LogP contribution in [0.2, 0.25) is 0 Å². The van der Waals surface area contributed by atoms with E-state index in [2.05, 4.69) is 5.10 Å². The van der Waals surface area contributed by atoms with E-state index in [1.165, 1.54) is 0 Å². The molecule has 0 radical (unpaired) electrons. The molecule has 0 spiro atoms. The van der Waals surface area contributed by atoms with Gasteiger partial charge in [-0.05, 0) is 13.3 Å². The van der Waals surface area contributed by atoms with Crippen molar-refractivity contribution in [2.24, 2.45) is 0 Å². The number of aromatic nitrogens is 2. The molecule has 0 unspecified atom stereocenters. The third-order valence-electron chi connectivity index (χ3n) is 4.32. The van der Waals surface area contributed by atoms with Gasteiger partial charge >= 0.3 is 0 Å². The number of aryl methyl sites for hydroxylation is 1. The lowest BCUT2D eigenvalue weighted by atomic mass is 9.98. The summed E-state index contributed by atoms with van der Waals surface area (Å²) in [5.41, 5.74) is 0.598. The summed E-state index contributed by atoms with van der Waals surface area (Å²) in [7, 11) is 1.78. The number of morpholine rings is 1. The van der Waals surface area contributed by atoms with Gasteiger partial charge in [0.2, 0.25) is 5.91 Å². The molecule has 0 saturated carbocycles. The molecule has 0 aromatic carbocycles. The number of fused-ring (bicyclic) bond motifs is 1. The maximum atomic E-state index is 12.5. The van der Waals surface area contributed by atoms with Crippen LogP contribution in [0.25, 0.3) is 0 Å². The van der Waals surface area contributed by atoms with Crippen LogP contribution >= 0.6 is 0 Å². The molecule has 2 aliphatic rings. The van der Waals surface area contributed by atoms with E-state index in [0.29, 0.717) is 18.7 Å². The van der Waals surface area contributed by atoms with E-state index in [1.54, 1.807) is 33.9 Å². The molecule has 114 valence electrons. The third-order valence-corrected chi connectivity index (χ3v) is 4.32. The molecule has 3 rings (SSSR count). The molecule has 2 aliphatic heterocycles. The van der Waals surface area contributed by atoms with Crippen LogP contribution in [0.15, 0.2) is 12.4 Å². The fourth-order valence-corrected chi connectivity index (χ4v) is 2.96. The zero-order valence-corrected chi connectivity index (χ0v) is 12.4. The Kier molecular flexibility index (Phi) is 3.67. The van der Waals surface area contributed by atoms with Crippen LogP contribution in [0.3, 0.4) is 0 Å². The van der Waals surface area contributed by atoms with Gasteiger partial charge in [0.1, 0.15) is 6.61 Å². The second-order valence-electron chi connectivity index (χ2n) is 5.55. The Morgan fingerprint density at radius 2 is 2.33 bits per heavy atom. The van der Waals surface area contributed by atoms with E-state index in [1.807, 2.05) is 6.92 Å². The van der Waals surface area contributed by atoms with Crippen LogP contribution in [0.4, 0.5) is 0 Å². The second-order valence-corrected chi connectivity index (χ2v) is 5.55. The summed E-state index contributed by atoms with van der Waals surface area (Å²) >= 11 is 0. The normalized spacial score (nSPS) is 25.9. The molecule has 21 heavy (non-hydrogen) atoms. The molecular formula is C14H20N4O3. The maximum Gasteiger partial charge on any atom is 0.257 e. The zero-order valence-electron chi connectivity index (χ0n) is 12.4. The number of hydrogen-bond acceptors (Lipinski definition) is 4. The zero-order chi connectivity index (χ0) is 15.0. The van der Waals surface area contributed by atoms with Crippen molar-refractivity contribution in [3.8, 4) is 0 Å². The molecule has 1 aromatic heterocycles. The molecule has 2 saturated heterocycles. The van der Waals surface area contributed by atoms with Gasteiger partial charge in [0.25, 0.3) is 5.91 Å². The van der Waals surface area contributed by atoms with Crippen molar-refractivity contribution >= 4 is 11.8 Å². The molecule has 7 nitrogen and oxygen atoms in total. The summed E-state index contributed by atoms with van der Waals surface area (Å²) in [4.78, 5) is 27.7. The molecule has 7 heteroatoms. The number of likely N-dealkylation sites (tertiary alicyclic amines) is 1. The molecule has 0 bridgehead atoms. The Bertz CT molecular complexity index is 556. The predicted molar refractivity (Wildman–Crippen MR) is 74.7 cm³/mol. The van der Waals surface area contributed by atoms with Crippen LogP contribution < -0.4 is 0 Å². The minimum atomic E-state index is -0.0508. The first-order valence-corrected chi connectivity index (χ1v) is 7.29. The topological polar surface area (TPSA) is 67.7 Å². The Labute approximate surface area is 123 Å². The van der Waals surface area contributed by atoms with Gasteiger partial charge < -0.3 is 14.5 Å². The van der Waals surface area contributed by atoms with Gasteiger partial charge in [-0.3, -0.25) is 14.3 Å². The monoisotopic (exact) mass is 292 g/mol. The first kappa shape index (κ1) is 14.1. The minimum Gasteiger partial charge on any atom is -0.366 e. The Hall–Kier alpha value is -1.89. The summed E-state index contributed by atoms with van der Waals surface area (Å²) in [6, 6.07) is -0.0508. The molecule has 3 heterocycles. The Morgan fingerprint density at radius 3 is 3.05 bits per heavy atom. The largest absolute Gasteiger partial charge is 0.366 e. The lowest BCUT2D eigenvalue weighted by molar-refractivity contribution is -0.159. The van der Waals surface area contributed by atoms with E-state index in [9.17, 15) is 9.59 Å². The molecule has 1 aromatic rings. The Morgan fingerprint density at radius 1 is 1.52 bits per heavy atom. The van der Waals surface area contributed by atoms with Crippen LogP contribution in [0.5, 0.6) is 0 Å². The standard InChI is InChI=1S/C14H20N4O3/c1-3-18-7-10(6-15-18)14(20)17-5-4-12-11(8-17)16(2)13(19)9-21-12/h6-7,11-12H,3-5,8-9H2,1-2H3/t11-,12-/m0/s1. The van der Waals surface area contributed by atoms with Crippen molar-refractivity contribution in [2.75, 3.05) is 26.7 Å². The summed E-state index contributed by atoms with van der Waals surface area (Å²) in [5, 5.41) is 4.14. The number of nitrogens with zero attached hydrogens (tertiary/aromatic N) is 4. The molecule has 2 fully saturated rings. The highest BCUT2D eigenvalue weighted by atomic mass is 16.5. The second kappa shape index (κ2) is 5.48. The smallest absolute Gasteiger partial charge is 0.257 e. The number of ether oxygens (including phenoxy) is 1. The van der Waals surface area contributed by atoms with Gasteiger partial charge in [-0.2, -0.15) is 5.10 Å². The van der Waals surface area contributed by atoms with Crippen LogP contribution in [0, 0.1) is 0 Å². The van der Waals surface area contributed by atoms with Gasteiger partial charge in [-0.1, -0.05) is 0 Å². The van der Waals surface area contributed by atoms with Crippen molar-refractivity contribution in [1.29, 1.82) is 0 Å². The minimum absolute atomic E-state index is 0.0237. The fourth-order valence-electron chi connectivity index (χ4n) is 2.96. The first-order valence-electron chi connectivity index (χ1n) is 7.29. The highest BCUT2D eigenvalue weighted by Gasteiger charge is 2.40. The summed E-state index contributed by atoms with van der Waals surface area (Å²) in [5.74, 6) is -0.0519. The molecule has 0 N–H and O–H groups in total. The number of hydrogen-bond donors (Lipinski definition) is 0. The van der Waals surface area contributed by atoms with Gasteiger partial charge in [-0.25, -0.2) is 0 Å². The van der Waals surface area contributed by atoms with Gasteiger partial charge in [-0.15, -0.1) is 0 Å². The average Bonchev–Trinajstić information content (AvgIpc) is 2.99. The van der Waals surface area contributed by atoms with Crippen LogP contribution in [-0.2, 0) is 16.1 Å². The van der Waals surface area contributed by atoms with Crippen molar-refractivity contribution in [2.45, 2.75) is 32.0 Å². The maximum absolute atomic E-state index is 12.5. The average molecular weight is 292 g/mol. The van der Waals surface area contributed by atoms with E-state index in [4.69, 9.17) is 4.74 Å². The van der Waals surface area contributed by atoms with Gasteiger partial charge in [0.15, 0.2) is 0 Å². The van der Waals surface area contributed by atoms with E-state index >= 15 is 0 Å². The number of piperidine rings is 1. The fraction of sp³-hybridized carbons (Fsp3) is 0.643. The number of amides is 2. The van der Waals surface area contributed by atoms with Crippen LogP contribution in [0.1, 0.15) is 23.7 Å². The number of carbonyl (C=O) groups excluding carboxylic acids is 2. The Balaban J connectivity index is 1.72.